The van der Waals surface area contributed by atoms with Gasteiger partial charge in [0.2, 0.25) is 0 Å². The molecule has 0 radical (unpaired) electrons. The maximum Gasteiger partial charge on any atom is 0.317 e. The molecule has 0 amide bonds. The summed E-state index contributed by atoms with van der Waals surface area (Å²) in [6.07, 6.45) is 11.0. The molecular weight excluding hydrogens is 442 g/mol. The van der Waals surface area contributed by atoms with E-state index in [1.807, 2.05) is 0 Å². The number of unbranched alkanes of at least 4 members (excludes halogenated alkanes) is 1. The Balaban J connectivity index is 1.63. The van der Waals surface area contributed by atoms with Crippen LogP contribution in [0.25, 0.3) is 0 Å². The smallest absolute Gasteiger partial charge is 0.317 e. The highest BCUT2D eigenvalue weighted by atomic mass is 16.4. The summed E-state index contributed by atoms with van der Waals surface area (Å²) in [5.41, 5.74) is 0.229. The van der Waals surface area contributed by atoms with Crippen molar-refractivity contribution < 1.29 is 25.2 Å². The SMILES string of the molecule is CCCC[C@@H](O)CC1C[C@H]2CC[C@]3(C)[C@@H]([C@H](C)CCC(O)NCC(=O)O)CC[C@H]3[C@@H]2[C@H](O)[C@@H]1CC. The zero-order chi connectivity index (χ0) is 25.8. The van der Waals surface area contributed by atoms with Crippen molar-refractivity contribution in [2.45, 2.75) is 123 Å². The molecule has 0 spiro atoms. The van der Waals surface area contributed by atoms with E-state index in [1.54, 1.807) is 0 Å². The average molecular weight is 496 g/mol. The van der Waals surface area contributed by atoms with Crippen LogP contribution in [0, 0.1) is 46.8 Å². The third kappa shape index (κ3) is 6.61. The molecule has 0 aliphatic heterocycles. The van der Waals surface area contributed by atoms with Gasteiger partial charge in [-0.3, -0.25) is 10.1 Å². The molecule has 204 valence electrons. The molecule has 0 aromatic rings. The minimum absolute atomic E-state index is 0.213. The predicted molar refractivity (Wildman–Crippen MR) is 139 cm³/mol. The topological polar surface area (TPSA) is 110 Å². The lowest BCUT2D eigenvalue weighted by molar-refractivity contribution is -0.136. The van der Waals surface area contributed by atoms with Crippen LogP contribution in [-0.4, -0.2) is 51.4 Å². The number of fused-ring (bicyclic) bond motifs is 3. The normalized spacial score (nSPS) is 39.5. The summed E-state index contributed by atoms with van der Waals surface area (Å²) in [5, 5.41) is 44.0. The largest absolute Gasteiger partial charge is 0.480 e. The van der Waals surface area contributed by atoms with Gasteiger partial charge >= 0.3 is 5.97 Å². The quantitative estimate of drug-likeness (QED) is 0.235. The highest BCUT2D eigenvalue weighted by molar-refractivity contribution is 5.69. The lowest BCUT2D eigenvalue weighted by Crippen LogP contribution is -2.53. The monoisotopic (exact) mass is 495 g/mol. The molecule has 0 aromatic carbocycles. The molecular formula is C29H53NO5. The van der Waals surface area contributed by atoms with Crippen LogP contribution in [0.1, 0.15) is 105 Å². The summed E-state index contributed by atoms with van der Waals surface area (Å²) >= 11 is 0. The zero-order valence-electron chi connectivity index (χ0n) is 22.7. The number of aliphatic carboxylic acids is 1. The molecule has 0 heterocycles. The molecule has 3 fully saturated rings. The molecule has 6 heteroatoms. The lowest BCUT2D eigenvalue weighted by Gasteiger charge is -2.56. The van der Waals surface area contributed by atoms with E-state index >= 15 is 0 Å². The highest BCUT2D eigenvalue weighted by Crippen LogP contribution is 2.64. The van der Waals surface area contributed by atoms with Crippen molar-refractivity contribution >= 4 is 5.97 Å². The number of carboxylic acid groups (broad SMARTS) is 1. The van der Waals surface area contributed by atoms with Crippen LogP contribution in [0.15, 0.2) is 0 Å². The van der Waals surface area contributed by atoms with Gasteiger partial charge in [0.05, 0.1) is 18.8 Å². The summed E-state index contributed by atoms with van der Waals surface area (Å²) in [5.74, 6) is 2.33. The van der Waals surface area contributed by atoms with Gasteiger partial charge < -0.3 is 20.4 Å². The minimum Gasteiger partial charge on any atom is -0.480 e. The first-order valence-electron chi connectivity index (χ1n) is 14.6. The first-order chi connectivity index (χ1) is 16.6. The van der Waals surface area contributed by atoms with Crippen molar-refractivity contribution in [3.8, 4) is 0 Å². The van der Waals surface area contributed by atoms with Crippen molar-refractivity contribution in [2.24, 2.45) is 46.8 Å². The highest BCUT2D eigenvalue weighted by Gasteiger charge is 2.59. The number of nitrogens with one attached hydrogen (secondary N) is 1. The summed E-state index contributed by atoms with van der Waals surface area (Å²) in [4.78, 5) is 10.7. The molecule has 6 nitrogen and oxygen atoms in total. The Morgan fingerprint density at radius 2 is 1.86 bits per heavy atom. The Hall–Kier alpha value is -0.690. The number of aliphatic hydroxyl groups is 3. The van der Waals surface area contributed by atoms with E-state index in [2.05, 4.69) is 33.0 Å². The van der Waals surface area contributed by atoms with Crippen LogP contribution >= 0.6 is 0 Å². The fourth-order valence-corrected chi connectivity index (χ4v) is 8.85. The van der Waals surface area contributed by atoms with E-state index in [4.69, 9.17) is 5.11 Å². The molecule has 35 heavy (non-hydrogen) atoms. The molecule has 3 aliphatic carbocycles. The fourth-order valence-electron chi connectivity index (χ4n) is 8.85. The van der Waals surface area contributed by atoms with E-state index in [0.717, 1.165) is 44.9 Å². The number of rotatable bonds is 13. The average Bonchev–Trinajstić information content (AvgIpc) is 3.17. The Kier molecular flexibility index (Phi) is 10.5. The van der Waals surface area contributed by atoms with Gasteiger partial charge in [0, 0.05) is 0 Å². The maximum atomic E-state index is 11.7. The summed E-state index contributed by atoms with van der Waals surface area (Å²) in [7, 11) is 0. The standard InChI is InChI=1S/C29H53NO5/c1-5-7-8-21(31)16-20-15-19-13-14-29(4)23(18(3)9-12-25(32)30-17-26(33)34)10-11-24(29)27(19)28(35)22(20)6-2/h18-25,27-28,30-32,35H,5-17H2,1-4H3,(H,33,34)/t18-,19-,20?,21-,22-,23-,24+,25?,27-,28-,29-/m1/s1. The number of carbonyl (C=O) groups is 1. The molecule has 3 rings (SSSR count). The Morgan fingerprint density at radius 1 is 1.11 bits per heavy atom. The Labute approximate surface area is 213 Å². The molecule has 5 N–H and O–H groups in total. The van der Waals surface area contributed by atoms with Gasteiger partial charge in [-0.15, -0.1) is 0 Å². The van der Waals surface area contributed by atoms with Gasteiger partial charge in [-0.2, -0.15) is 0 Å². The first-order valence-corrected chi connectivity index (χ1v) is 14.6. The van der Waals surface area contributed by atoms with Gasteiger partial charge in [-0.25, -0.2) is 0 Å². The molecule has 11 atom stereocenters. The molecule has 0 saturated heterocycles. The summed E-state index contributed by atoms with van der Waals surface area (Å²) in [6.45, 7) is 8.94. The van der Waals surface area contributed by atoms with Crippen molar-refractivity contribution in [2.75, 3.05) is 6.54 Å². The third-order valence-electron chi connectivity index (χ3n) is 10.6. The second kappa shape index (κ2) is 12.7. The molecule has 0 bridgehead atoms. The Morgan fingerprint density at radius 3 is 2.51 bits per heavy atom. The third-order valence-corrected chi connectivity index (χ3v) is 10.6. The van der Waals surface area contributed by atoms with Gasteiger partial charge in [0.1, 0.15) is 6.23 Å². The predicted octanol–water partition coefficient (Wildman–Crippen LogP) is 4.80. The number of aliphatic hydroxyl groups excluding tert-OH is 3. The molecule has 3 saturated carbocycles. The summed E-state index contributed by atoms with van der Waals surface area (Å²) in [6, 6.07) is 0. The van der Waals surface area contributed by atoms with Gasteiger partial charge in [-0.05, 0) is 105 Å². The first kappa shape index (κ1) is 28.9. The fraction of sp³-hybridized carbons (Fsp3) is 0.966. The van der Waals surface area contributed by atoms with Gasteiger partial charge in [0.25, 0.3) is 0 Å². The maximum absolute atomic E-state index is 11.7. The van der Waals surface area contributed by atoms with Gasteiger partial charge in [0.15, 0.2) is 0 Å². The van der Waals surface area contributed by atoms with Crippen LogP contribution in [0.5, 0.6) is 0 Å². The number of hydrogen-bond donors (Lipinski definition) is 5. The molecule has 0 aromatic heterocycles. The minimum atomic E-state index is -0.950. The lowest BCUT2D eigenvalue weighted by atomic mass is 9.50. The van der Waals surface area contributed by atoms with Crippen molar-refractivity contribution in [1.29, 1.82) is 0 Å². The molecule has 3 aliphatic rings. The van der Waals surface area contributed by atoms with Gasteiger partial charge in [-0.1, -0.05) is 47.0 Å². The van der Waals surface area contributed by atoms with Crippen molar-refractivity contribution in [1.82, 2.24) is 5.32 Å². The van der Waals surface area contributed by atoms with Crippen LogP contribution < -0.4 is 5.32 Å². The van der Waals surface area contributed by atoms with E-state index in [0.29, 0.717) is 47.8 Å². The zero-order valence-corrected chi connectivity index (χ0v) is 22.7. The second-order valence-corrected chi connectivity index (χ2v) is 12.6. The number of carboxylic acids is 1. The number of hydrogen-bond acceptors (Lipinski definition) is 5. The van der Waals surface area contributed by atoms with Crippen LogP contribution in [0.4, 0.5) is 0 Å². The van der Waals surface area contributed by atoms with Crippen molar-refractivity contribution in [3.63, 3.8) is 0 Å². The molecule has 2 unspecified atom stereocenters. The van der Waals surface area contributed by atoms with E-state index in [-0.39, 0.29) is 24.2 Å². The summed E-state index contributed by atoms with van der Waals surface area (Å²) < 4.78 is 0. The van der Waals surface area contributed by atoms with Crippen molar-refractivity contribution in [3.05, 3.63) is 0 Å². The Bertz CT molecular complexity index is 673. The second-order valence-electron chi connectivity index (χ2n) is 12.6. The van der Waals surface area contributed by atoms with E-state index in [1.165, 1.54) is 25.7 Å². The van der Waals surface area contributed by atoms with E-state index < -0.39 is 12.2 Å². The van der Waals surface area contributed by atoms with Crippen LogP contribution in [0.3, 0.4) is 0 Å². The van der Waals surface area contributed by atoms with Crippen LogP contribution in [0.2, 0.25) is 0 Å². The van der Waals surface area contributed by atoms with Crippen LogP contribution in [-0.2, 0) is 4.79 Å². The van der Waals surface area contributed by atoms with E-state index in [9.17, 15) is 20.1 Å².